The van der Waals surface area contributed by atoms with Gasteiger partial charge in [0.2, 0.25) is 0 Å². The quantitative estimate of drug-likeness (QED) is 0.0860. The van der Waals surface area contributed by atoms with Gasteiger partial charge in [0.05, 0.1) is 35.9 Å². The van der Waals surface area contributed by atoms with Crippen molar-refractivity contribution >= 4 is 35.2 Å². The fourth-order valence-electron chi connectivity index (χ4n) is 9.72. The number of esters is 1. The van der Waals surface area contributed by atoms with Crippen molar-refractivity contribution < 1.29 is 48.0 Å². The van der Waals surface area contributed by atoms with Crippen molar-refractivity contribution in [2.45, 2.75) is 148 Å². The first-order valence-electron chi connectivity index (χ1n) is 21.5. The van der Waals surface area contributed by atoms with E-state index in [0.717, 1.165) is 17.0 Å². The number of cyclic esters (lactones) is 1. The first kappa shape index (κ1) is 48.3. The van der Waals surface area contributed by atoms with Gasteiger partial charge in [0.15, 0.2) is 17.7 Å². The van der Waals surface area contributed by atoms with Crippen LogP contribution in [0.2, 0.25) is 5.15 Å². The number of Topliss-reactive ketones (excluding diaryl/α,β-unsaturated/α-hetero) is 2. The Morgan fingerprint density at radius 2 is 1.74 bits per heavy atom. The molecular weight excluding hydrogens is 806 g/mol. The smallest absolute Gasteiger partial charge is 0.411 e. The highest BCUT2D eigenvalue weighted by Crippen LogP contribution is 2.44. The molecule has 0 spiro atoms. The molecule has 0 bridgehead atoms. The number of aliphatic hydroxyl groups excluding tert-OH is 1. The summed E-state index contributed by atoms with van der Waals surface area (Å²) in [6.07, 6.45) is 1.72. The molecule has 5 heterocycles. The Morgan fingerprint density at radius 3 is 2.34 bits per heavy atom. The highest BCUT2D eigenvalue weighted by atomic mass is 35.5. The standard InChI is InChI=1S/C45H66ClN5O10/c1-13-33-45(14-2)39(51(43(56)61-45)20-16-15-19-50-24-48-35(30(50)8)31-17-18-34(46)47-23-31)27(5)36(52)25(3)22-44(9,57-12)40(28(6)37(53)29(7)41(55)59-33)60-42-38(54)32(49(10)11)21-26(4)58-42/h14,17-18,23-29,32-33,38-40,42,54H,2,13,15-16,19-22H2,1,3-12H3/t25-,26-,27+,28+,29-,32+,33-,38-,39+,40-,42?,44+,45-/m1/s1. The number of aliphatic hydroxyl groups is 1. The van der Waals surface area contributed by atoms with Crippen molar-refractivity contribution in [3.8, 4) is 11.3 Å². The van der Waals surface area contributed by atoms with E-state index in [1.165, 1.54) is 20.1 Å². The summed E-state index contributed by atoms with van der Waals surface area (Å²) in [4.78, 5) is 69.6. The normalized spacial score (nSPS) is 35.4. The molecule has 3 saturated heterocycles. The highest BCUT2D eigenvalue weighted by molar-refractivity contribution is 6.29. The third kappa shape index (κ3) is 9.77. The van der Waals surface area contributed by atoms with Crippen LogP contribution in [0, 0.1) is 30.6 Å². The number of amides is 1. The maximum atomic E-state index is 14.8. The van der Waals surface area contributed by atoms with Gasteiger partial charge >= 0.3 is 12.1 Å². The molecule has 0 aromatic carbocycles. The molecule has 1 N–H and O–H groups in total. The van der Waals surface area contributed by atoms with Crippen LogP contribution in [0.4, 0.5) is 4.79 Å². The van der Waals surface area contributed by atoms with Crippen molar-refractivity contribution in [1.29, 1.82) is 0 Å². The second-order valence-electron chi connectivity index (χ2n) is 17.7. The summed E-state index contributed by atoms with van der Waals surface area (Å²) in [7, 11) is 5.22. The van der Waals surface area contributed by atoms with Gasteiger partial charge in [-0.3, -0.25) is 19.3 Å². The topological polar surface area (TPSA) is 172 Å². The van der Waals surface area contributed by atoms with Gasteiger partial charge in [-0.15, -0.1) is 0 Å². The highest BCUT2D eigenvalue weighted by Gasteiger charge is 2.61. The van der Waals surface area contributed by atoms with E-state index in [0.29, 0.717) is 31.0 Å². The van der Waals surface area contributed by atoms with Crippen molar-refractivity contribution in [2.75, 3.05) is 27.7 Å². The molecule has 1 amide bonds. The van der Waals surface area contributed by atoms with Gasteiger partial charge in [0.1, 0.15) is 29.1 Å². The van der Waals surface area contributed by atoms with E-state index in [4.69, 9.17) is 35.3 Å². The number of unbranched alkanes of at least 4 members (excludes halogenated alkanes) is 1. The summed E-state index contributed by atoms with van der Waals surface area (Å²) in [5, 5.41) is 11.9. The van der Waals surface area contributed by atoms with Crippen LogP contribution in [-0.2, 0) is 44.6 Å². The maximum Gasteiger partial charge on any atom is 0.411 e. The minimum absolute atomic E-state index is 0.0986. The predicted octanol–water partition coefficient (Wildman–Crippen LogP) is 6.06. The summed E-state index contributed by atoms with van der Waals surface area (Å²) in [5.41, 5.74) is -0.310. The molecule has 0 aliphatic carbocycles. The van der Waals surface area contributed by atoms with Gasteiger partial charge in [-0.05, 0) is 92.1 Å². The van der Waals surface area contributed by atoms with Gasteiger partial charge in [-0.1, -0.05) is 45.9 Å². The molecule has 2 aromatic heterocycles. The Hall–Kier alpha value is -3.73. The number of aryl methyl sites for hydroxylation is 1. The molecule has 3 fully saturated rings. The number of nitrogens with zero attached hydrogens (tertiary/aromatic N) is 5. The summed E-state index contributed by atoms with van der Waals surface area (Å²) in [5.74, 6) is -5.26. The lowest BCUT2D eigenvalue weighted by Crippen LogP contribution is -2.60. The number of rotatable bonds is 12. The lowest BCUT2D eigenvalue weighted by Gasteiger charge is -2.47. The molecule has 2 aromatic rings. The Kier molecular flexibility index (Phi) is 15.6. The monoisotopic (exact) mass is 871 g/mol. The number of ketones is 2. The first-order chi connectivity index (χ1) is 28.7. The molecule has 3 aliphatic rings. The minimum Gasteiger partial charge on any atom is -0.457 e. The minimum atomic E-state index is -1.61. The van der Waals surface area contributed by atoms with Crippen molar-refractivity contribution in [3.63, 3.8) is 0 Å². The molecule has 61 heavy (non-hydrogen) atoms. The van der Waals surface area contributed by atoms with Crippen molar-refractivity contribution in [3.05, 3.63) is 48.2 Å². The molecule has 1 unspecified atom stereocenters. The zero-order valence-electron chi connectivity index (χ0n) is 37.6. The Bertz CT molecular complexity index is 1890. The molecule has 338 valence electrons. The number of pyridine rings is 1. The number of hydrogen-bond acceptors (Lipinski definition) is 13. The van der Waals surface area contributed by atoms with E-state index in [-0.39, 0.29) is 37.3 Å². The third-order valence-electron chi connectivity index (χ3n) is 13.3. The third-order valence-corrected chi connectivity index (χ3v) is 13.5. The zero-order valence-corrected chi connectivity index (χ0v) is 38.4. The fourth-order valence-corrected chi connectivity index (χ4v) is 9.83. The molecule has 5 rings (SSSR count). The van der Waals surface area contributed by atoms with Crippen LogP contribution >= 0.6 is 11.6 Å². The molecule has 13 atom stereocenters. The number of halogens is 1. The molecule has 16 heteroatoms. The number of imidazole rings is 1. The number of fused-ring (bicyclic) bond motifs is 1. The molecule has 3 aliphatic heterocycles. The van der Waals surface area contributed by atoms with Crippen LogP contribution in [0.5, 0.6) is 0 Å². The average Bonchev–Trinajstić information content (AvgIpc) is 3.74. The largest absolute Gasteiger partial charge is 0.457 e. The second-order valence-corrected chi connectivity index (χ2v) is 18.1. The fraction of sp³-hybridized carbons (Fsp3) is 0.689. The Balaban J connectivity index is 1.46. The van der Waals surface area contributed by atoms with E-state index in [1.807, 2.05) is 43.5 Å². The zero-order chi connectivity index (χ0) is 45.1. The lowest BCUT2D eigenvalue weighted by molar-refractivity contribution is -0.295. The van der Waals surface area contributed by atoms with Crippen LogP contribution in [0.3, 0.4) is 0 Å². The Morgan fingerprint density at radius 1 is 1.05 bits per heavy atom. The molecule has 15 nitrogen and oxygen atoms in total. The summed E-state index contributed by atoms with van der Waals surface area (Å²) < 4.78 is 33.4. The van der Waals surface area contributed by atoms with E-state index < -0.39 is 83.4 Å². The van der Waals surface area contributed by atoms with Gasteiger partial charge in [0.25, 0.3) is 0 Å². The number of hydrogen-bond donors (Lipinski definition) is 1. The van der Waals surface area contributed by atoms with Crippen LogP contribution in [0.25, 0.3) is 11.3 Å². The average molecular weight is 873 g/mol. The van der Waals surface area contributed by atoms with Crippen LogP contribution in [-0.4, -0.2) is 135 Å². The number of aromatic nitrogens is 3. The number of ether oxygens (including phenoxy) is 5. The van der Waals surface area contributed by atoms with E-state index >= 15 is 0 Å². The lowest BCUT2D eigenvalue weighted by atomic mass is 9.72. The SMILES string of the molecule is C=C[C@]12OC(=O)N(CCCCn3cnc(-c4ccc(Cl)nc4)c3C)[C@H]1[C@@H](C)C(=O)[C@H](C)C[C@](C)(OC)[C@H](OC1O[C@H](C)C[C@H](N(C)C)[C@H]1O)[C@@H](C)C(=O)[C@@H](C)C(=O)O[C@@H]2CC. The second kappa shape index (κ2) is 19.8. The van der Waals surface area contributed by atoms with E-state index in [2.05, 4.69) is 16.5 Å². The molecular formula is C45H66ClN5O10. The number of methoxy groups -OCH3 is 1. The van der Waals surface area contributed by atoms with Gasteiger partial charge < -0.3 is 38.3 Å². The predicted molar refractivity (Wildman–Crippen MR) is 229 cm³/mol. The molecule has 0 saturated carbocycles. The van der Waals surface area contributed by atoms with Gasteiger partial charge in [-0.25, -0.2) is 14.8 Å². The van der Waals surface area contributed by atoms with Gasteiger partial charge in [-0.2, -0.15) is 0 Å². The van der Waals surface area contributed by atoms with E-state index in [9.17, 15) is 24.3 Å². The van der Waals surface area contributed by atoms with Crippen LogP contribution in [0.1, 0.15) is 86.3 Å². The summed E-state index contributed by atoms with van der Waals surface area (Å²) in [6.45, 7) is 19.0. The summed E-state index contributed by atoms with van der Waals surface area (Å²) >= 11 is 5.99. The van der Waals surface area contributed by atoms with E-state index in [1.54, 1.807) is 58.1 Å². The number of likely N-dealkylation sites (N-methyl/N-ethyl adjacent to an activating group) is 1. The van der Waals surface area contributed by atoms with Crippen molar-refractivity contribution in [1.82, 2.24) is 24.3 Å². The molecule has 0 radical (unpaired) electrons. The van der Waals surface area contributed by atoms with Crippen LogP contribution in [0.15, 0.2) is 37.3 Å². The summed E-state index contributed by atoms with van der Waals surface area (Å²) in [6, 6.07) is 2.39. The van der Waals surface area contributed by atoms with Crippen LogP contribution < -0.4 is 0 Å². The van der Waals surface area contributed by atoms with Gasteiger partial charge in [0, 0.05) is 61.4 Å². The first-order valence-corrected chi connectivity index (χ1v) is 21.9. The maximum absolute atomic E-state index is 14.8. The Labute approximate surface area is 365 Å². The number of carbonyl (C=O) groups is 4. The van der Waals surface area contributed by atoms with Crippen molar-refractivity contribution in [2.24, 2.45) is 23.7 Å². The number of carbonyl (C=O) groups excluding carboxylic acids is 4.